The lowest BCUT2D eigenvalue weighted by Gasteiger charge is -2.20. The summed E-state index contributed by atoms with van der Waals surface area (Å²) in [5, 5.41) is 10.3. The number of carboxylic acid groups (broad SMARTS) is 1. The van der Waals surface area contributed by atoms with Crippen molar-refractivity contribution in [2.75, 3.05) is 6.26 Å². The molecule has 1 rings (SSSR count). The molecule has 0 aliphatic rings. The molecule has 0 spiro atoms. The van der Waals surface area contributed by atoms with Crippen LogP contribution in [0.25, 0.3) is 0 Å². The monoisotopic (exact) mass is 313 g/mol. The number of hydrogen-bond donors (Lipinski definition) is 2. The second-order valence-electron chi connectivity index (χ2n) is 5.04. The van der Waals surface area contributed by atoms with Crippen LogP contribution in [0, 0.1) is 13.8 Å². The van der Waals surface area contributed by atoms with E-state index in [-0.39, 0.29) is 0 Å². The van der Waals surface area contributed by atoms with Crippen molar-refractivity contribution in [2.45, 2.75) is 32.1 Å². The van der Waals surface area contributed by atoms with Crippen LogP contribution in [0.15, 0.2) is 18.2 Å². The average Bonchev–Trinajstić information content (AvgIpc) is 2.37. The van der Waals surface area contributed by atoms with E-state index in [1.165, 1.54) is 6.92 Å². The van der Waals surface area contributed by atoms with Gasteiger partial charge in [0.25, 0.3) is 0 Å². The minimum Gasteiger partial charge on any atom is -0.479 e. The second-order valence-corrected chi connectivity index (χ2v) is 7.41. The van der Waals surface area contributed by atoms with Crippen LogP contribution in [0.3, 0.4) is 0 Å². The van der Waals surface area contributed by atoms with Crippen LogP contribution in [0.2, 0.25) is 0 Å². The second kappa shape index (κ2) is 6.26. The third-order valence-corrected chi connectivity index (χ3v) is 5.00. The summed E-state index contributed by atoms with van der Waals surface area (Å²) in [6, 6.07) is 3.85. The van der Waals surface area contributed by atoms with Gasteiger partial charge in [-0.2, -0.15) is 0 Å². The van der Waals surface area contributed by atoms with Crippen LogP contribution in [-0.2, 0) is 19.4 Å². The number of carbonyl (C=O) groups excluding carboxylic acids is 1. The number of carbonyl (C=O) groups is 2. The molecule has 2 N–H and O–H groups in total. The highest BCUT2D eigenvalue weighted by molar-refractivity contribution is 7.92. The van der Waals surface area contributed by atoms with Crippen LogP contribution in [0.4, 0.5) is 0 Å². The number of benzene rings is 1. The first-order valence-electron chi connectivity index (χ1n) is 6.34. The van der Waals surface area contributed by atoms with Crippen molar-refractivity contribution in [3.05, 3.63) is 34.9 Å². The Morgan fingerprint density at radius 1 is 1.24 bits per heavy atom. The molecule has 1 aromatic carbocycles. The maximum absolute atomic E-state index is 11.9. The summed E-state index contributed by atoms with van der Waals surface area (Å²) >= 11 is 0. The SMILES string of the molecule is Cc1cccc(C(NC(=O)C(C)S(C)(=O)=O)C(=O)O)c1C. The average molecular weight is 313 g/mol. The minimum atomic E-state index is -3.58. The number of aliphatic carboxylic acids is 1. The molecule has 7 heteroatoms. The summed E-state index contributed by atoms with van der Waals surface area (Å²) < 4.78 is 22.7. The molecule has 0 fully saturated rings. The highest BCUT2D eigenvalue weighted by atomic mass is 32.2. The highest BCUT2D eigenvalue weighted by Gasteiger charge is 2.30. The van der Waals surface area contributed by atoms with Crippen LogP contribution < -0.4 is 5.32 Å². The van der Waals surface area contributed by atoms with Crippen molar-refractivity contribution in [2.24, 2.45) is 0 Å². The Kier molecular flexibility index (Phi) is 5.11. The number of carboxylic acids is 1. The molecule has 0 bridgehead atoms. The quantitative estimate of drug-likeness (QED) is 0.844. The van der Waals surface area contributed by atoms with Crippen molar-refractivity contribution in [1.82, 2.24) is 5.32 Å². The van der Waals surface area contributed by atoms with E-state index in [0.717, 1.165) is 17.4 Å². The lowest BCUT2D eigenvalue weighted by Crippen LogP contribution is -2.42. The Labute approximate surface area is 124 Å². The maximum atomic E-state index is 11.9. The van der Waals surface area contributed by atoms with Crippen LogP contribution >= 0.6 is 0 Å². The topological polar surface area (TPSA) is 101 Å². The molecule has 0 aromatic heterocycles. The Hall–Kier alpha value is -1.89. The molecule has 6 nitrogen and oxygen atoms in total. The molecule has 0 saturated heterocycles. The van der Waals surface area contributed by atoms with Gasteiger partial charge in [-0.15, -0.1) is 0 Å². The normalized spacial score (nSPS) is 14.3. The van der Waals surface area contributed by atoms with Gasteiger partial charge in [-0.05, 0) is 37.5 Å². The lowest BCUT2D eigenvalue weighted by molar-refractivity contribution is -0.142. The van der Waals surface area contributed by atoms with Crippen molar-refractivity contribution in [1.29, 1.82) is 0 Å². The van der Waals surface area contributed by atoms with Crippen molar-refractivity contribution >= 4 is 21.7 Å². The van der Waals surface area contributed by atoms with Gasteiger partial charge in [0.15, 0.2) is 15.9 Å². The van der Waals surface area contributed by atoms with Gasteiger partial charge in [-0.1, -0.05) is 18.2 Å². The van der Waals surface area contributed by atoms with E-state index < -0.39 is 33.0 Å². The van der Waals surface area contributed by atoms with Crippen molar-refractivity contribution in [3.63, 3.8) is 0 Å². The number of amides is 1. The van der Waals surface area contributed by atoms with E-state index in [4.69, 9.17) is 0 Å². The number of sulfone groups is 1. The summed E-state index contributed by atoms with van der Waals surface area (Å²) in [6.45, 7) is 4.82. The van der Waals surface area contributed by atoms with Gasteiger partial charge >= 0.3 is 5.97 Å². The Balaban J connectivity index is 3.13. The minimum absolute atomic E-state index is 0.441. The highest BCUT2D eigenvalue weighted by Crippen LogP contribution is 2.21. The zero-order chi connectivity index (χ0) is 16.4. The van der Waals surface area contributed by atoms with Gasteiger partial charge in [0.05, 0.1) is 0 Å². The first-order valence-corrected chi connectivity index (χ1v) is 8.29. The van der Waals surface area contributed by atoms with E-state index in [1.807, 2.05) is 13.0 Å². The summed E-state index contributed by atoms with van der Waals surface area (Å²) in [4.78, 5) is 23.3. The van der Waals surface area contributed by atoms with E-state index in [1.54, 1.807) is 19.1 Å². The van der Waals surface area contributed by atoms with Crippen molar-refractivity contribution < 1.29 is 23.1 Å². The number of nitrogens with one attached hydrogen (secondary N) is 1. The first kappa shape index (κ1) is 17.2. The molecule has 0 aliphatic heterocycles. The summed E-state index contributed by atoms with van der Waals surface area (Å²) in [5.74, 6) is -2.07. The maximum Gasteiger partial charge on any atom is 0.330 e. The molecule has 116 valence electrons. The fourth-order valence-electron chi connectivity index (χ4n) is 1.81. The van der Waals surface area contributed by atoms with Gasteiger partial charge in [0.2, 0.25) is 5.91 Å². The molecule has 0 heterocycles. The zero-order valence-corrected chi connectivity index (χ0v) is 13.2. The van der Waals surface area contributed by atoms with Crippen molar-refractivity contribution in [3.8, 4) is 0 Å². The molecule has 2 atom stereocenters. The molecule has 1 amide bonds. The predicted octanol–water partition coefficient (Wildman–Crippen LogP) is 0.978. The number of aryl methyl sites for hydroxylation is 1. The molecule has 21 heavy (non-hydrogen) atoms. The molecule has 1 aromatic rings. The third kappa shape index (κ3) is 4.04. The standard InChI is InChI=1S/C14H19NO5S/c1-8-6-5-7-11(9(8)2)12(14(17)18)15-13(16)10(3)21(4,19)20/h5-7,10,12H,1-4H3,(H,15,16)(H,17,18). The molecular weight excluding hydrogens is 294 g/mol. The lowest BCUT2D eigenvalue weighted by atomic mass is 9.97. The number of hydrogen-bond acceptors (Lipinski definition) is 4. The molecule has 0 saturated carbocycles. The van der Waals surface area contributed by atoms with Gasteiger partial charge in [-0.25, -0.2) is 13.2 Å². The predicted molar refractivity (Wildman–Crippen MR) is 78.7 cm³/mol. The summed E-state index contributed by atoms with van der Waals surface area (Å²) in [6.07, 6.45) is 0.935. The van der Waals surface area contributed by atoms with Gasteiger partial charge in [0.1, 0.15) is 5.25 Å². The molecule has 2 unspecified atom stereocenters. The Bertz CT molecular complexity index is 666. The Morgan fingerprint density at radius 3 is 2.29 bits per heavy atom. The summed E-state index contributed by atoms with van der Waals surface area (Å²) in [5.41, 5.74) is 2.08. The van der Waals surface area contributed by atoms with Crippen LogP contribution in [0.5, 0.6) is 0 Å². The van der Waals surface area contributed by atoms with E-state index in [0.29, 0.717) is 5.56 Å². The van der Waals surface area contributed by atoms with Gasteiger partial charge in [0, 0.05) is 6.26 Å². The van der Waals surface area contributed by atoms with Gasteiger partial charge < -0.3 is 10.4 Å². The fourth-order valence-corrected chi connectivity index (χ4v) is 2.27. The first-order chi connectivity index (χ1) is 9.55. The van der Waals surface area contributed by atoms with E-state index in [9.17, 15) is 23.1 Å². The zero-order valence-electron chi connectivity index (χ0n) is 12.4. The smallest absolute Gasteiger partial charge is 0.330 e. The largest absolute Gasteiger partial charge is 0.479 e. The Morgan fingerprint density at radius 2 is 1.81 bits per heavy atom. The van der Waals surface area contributed by atoms with E-state index in [2.05, 4.69) is 5.32 Å². The number of rotatable bonds is 5. The van der Waals surface area contributed by atoms with Crippen LogP contribution in [0.1, 0.15) is 29.7 Å². The fraction of sp³-hybridized carbons (Fsp3) is 0.429. The summed E-state index contributed by atoms with van der Waals surface area (Å²) in [7, 11) is -3.58. The van der Waals surface area contributed by atoms with E-state index >= 15 is 0 Å². The molecule has 0 aliphatic carbocycles. The van der Waals surface area contributed by atoms with Gasteiger partial charge in [-0.3, -0.25) is 4.79 Å². The van der Waals surface area contributed by atoms with Crippen LogP contribution in [-0.4, -0.2) is 36.9 Å². The molecular formula is C14H19NO5S. The third-order valence-electron chi connectivity index (χ3n) is 3.50. The molecule has 0 radical (unpaired) electrons.